The van der Waals surface area contributed by atoms with Crippen LogP contribution >= 0.6 is 0 Å². The van der Waals surface area contributed by atoms with Crippen LogP contribution < -0.4 is 15.2 Å². The Balaban J connectivity index is 1.67. The highest BCUT2D eigenvalue weighted by Gasteiger charge is 1.97. The molecule has 0 aliphatic heterocycles. The summed E-state index contributed by atoms with van der Waals surface area (Å²) in [6.45, 7) is 3.98. The van der Waals surface area contributed by atoms with Crippen molar-refractivity contribution in [1.82, 2.24) is 0 Å². The summed E-state index contributed by atoms with van der Waals surface area (Å²) in [5.41, 5.74) is 8.01. The summed E-state index contributed by atoms with van der Waals surface area (Å²) in [6, 6.07) is 16.1. The van der Waals surface area contributed by atoms with Gasteiger partial charge in [-0.25, -0.2) is 0 Å². The van der Waals surface area contributed by atoms with Crippen LogP contribution in [-0.4, -0.2) is 13.2 Å². The molecule has 0 bridgehead atoms. The Morgan fingerprint density at radius 2 is 1.57 bits per heavy atom. The van der Waals surface area contributed by atoms with E-state index in [1.165, 1.54) is 5.56 Å². The molecule has 0 spiro atoms. The predicted octanol–water partition coefficient (Wildman–Crippen LogP) is 3.56. The minimum absolute atomic E-state index is 0.536. The first-order chi connectivity index (χ1) is 10.3. The average Bonchev–Trinajstić information content (AvgIpc) is 2.55. The van der Waals surface area contributed by atoms with Gasteiger partial charge < -0.3 is 15.2 Å². The van der Waals surface area contributed by atoms with Gasteiger partial charge in [-0.1, -0.05) is 31.2 Å². The molecule has 0 unspecified atom stereocenters. The topological polar surface area (TPSA) is 44.5 Å². The normalized spacial score (nSPS) is 10.4. The lowest BCUT2D eigenvalue weighted by molar-refractivity contribution is 0.247. The van der Waals surface area contributed by atoms with Gasteiger partial charge in [-0.15, -0.1) is 0 Å². The van der Waals surface area contributed by atoms with Crippen molar-refractivity contribution in [2.24, 2.45) is 5.73 Å². The number of ether oxygens (including phenoxy) is 2. The van der Waals surface area contributed by atoms with Gasteiger partial charge in [-0.3, -0.25) is 0 Å². The van der Waals surface area contributed by atoms with E-state index < -0.39 is 0 Å². The summed E-state index contributed by atoms with van der Waals surface area (Å²) < 4.78 is 11.4. The zero-order valence-corrected chi connectivity index (χ0v) is 12.5. The fourth-order valence-electron chi connectivity index (χ4n) is 2.02. The van der Waals surface area contributed by atoms with Crippen molar-refractivity contribution in [3.8, 4) is 11.5 Å². The Morgan fingerprint density at radius 1 is 0.857 bits per heavy atom. The lowest BCUT2D eigenvalue weighted by Gasteiger charge is -2.09. The third-order valence-electron chi connectivity index (χ3n) is 3.29. The molecule has 0 saturated heterocycles. The smallest absolute Gasteiger partial charge is 0.119 e. The quantitative estimate of drug-likeness (QED) is 0.754. The van der Waals surface area contributed by atoms with Gasteiger partial charge in [-0.05, 0) is 41.8 Å². The summed E-state index contributed by atoms with van der Waals surface area (Å²) in [6.07, 6.45) is 1.90. The monoisotopic (exact) mass is 285 g/mol. The largest absolute Gasteiger partial charge is 0.493 e. The number of nitrogens with two attached hydrogens (primary N) is 1. The molecule has 2 N–H and O–H groups in total. The van der Waals surface area contributed by atoms with E-state index in [9.17, 15) is 0 Å². The summed E-state index contributed by atoms with van der Waals surface area (Å²) in [7, 11) is 0. The number of hydrogen-bond donors (Lipinski definition) is 1. The third kappa shape index (κ3) is 5.12. The van der Waals surface area contributed by atoms with Crippen molar-refractivity contribution in [3.05, 3.63) is 59.7 Å². The third-order valence-corrected chi connectivity index (χ3v) is 3.29. The standard InChI is InChI=1S/C18H23NO2/c1-2-15-7-9-17(10-8-15)20-11-4-12-21-18-6-3-5-16(13-18)14-19/h3,5-10,13H,2,4,11-12,14,19H2,1H3. The molecule has 2 aromatic carbocycles. The molecule has 0 radical (unpaired) electrons. The zero-order valence-electron chi connectivity index (χ0n) is 12.5. The molecule has 3 nitrogen and oxygen atoms in total. The van der Waals surface area contributed by atoms with Gasteiger partial charge in [0.05, 0.1) is 13.2 Å². The minimum Gasteiger partial charge on any atom is -0.493 e. The maximum Gasteiger partial charge on any atom is 0.119 e. The Morgan fingerprint density at radius 3 is 2.24 bits per heavy atom. The van der Waals surface area contributed by atoms with E-state index in [0.29, 0.717) is 19.8 Å². The molecule has 0 saturated carbocycles. The van der Waals surface area contributed by atoms with Gasteiger partial charge in [0.2, 0.25) is 0 Å². The predicted molar refractivity (Wildman–Crippen MR) is 85.8 cm³/mol. The number of benzene rings is 2. The SMILES string of the molecule is CCc1ccc(OCCCOc2cccc(CN)c2)cc1. The van der Waals surface area contributed by atoms with Gasteiger partial charge in [-0.2, -0.15) is 0 Å². The number of aryl methyl sites for hydroxylation is 1. The highest BCUT2D eigenvalue weighted by Crippen LogP contribution is 2.14. The van der Waals surface area contributed by atoms with E-state index in [2.05, 4.69) is 19.1 Å². The molecule has 0 fully saturated rings. The lowest BCUT2D eigenvalue weighted by atomic mass is 10.2. The van der Waals surface area contributed by atoms with Crippen molar-refractivity contribution in [2.45, 2.75) is 26.3 Å². The van der Waals surface area contributed by atoms with Gasteiger partial charge in [0.15, 0.2) is 0 Å². The molecule has 0 aromatic heterocycles. The maximum atomic E-state index is 5.69. The van der Waals surface area contributed by atoms with Crippen molar-refractivity contribution >= 4 is 0 Å². The number of hydrogen-bond acceptors (Lipinski definition) is 3. The Labute approximate surface area is 126 Å². The molecule has 0 atom stereocenters. The van der Waals surface area contributed by atoms with Gasteiger partial charge in [0.25, 0.3) is 0 Å². The van der Waals surface area contributed by atoms with Gasteiger partial charge in [0.1, 0.15) is 11.5 Å². The first-order valence-electron chi connectivity index (χ1n) is 7.45. The summed E-state index contributed by atoms with van der Waals surface area (Å²) in [5, 5.41) is 0. The van der Waals surface area contributed by atoms with Crippen LogP contribution in [0.5, 0.6) is 11.5 Å². The molecule has 112 valence electrons. The van der Waals surface area contributed by atoms with Gasteiger partial charge >= 0.3 is 0 Å². The summed E-state index contributed by atoms with van der Waals surface area (Å²) in [4.78, 5) is 0. The maximum absolute atomic E-state index is 5.69. The fraction of sp³-hybridized carbons (Fsp3) is 0.333. The lowest BCUT2D eigenvalue weighted by Crippen LogP contribution is -2.05. The minimum atomic E-state index is 0.536. The second kappa shape index (κ2) is 8.32. The molecule has 2 rings (SSSR count). The van der Waals surface area contributed by atoms with Crippen LogP contribution in [0.4, 0.5) is 0 Å². The molecular formula is C18H23NO2. The van der Waals surface area contributed by atoms with Crippen molar-refractivity contribution in [2.75, 3.05) is 13.2 Å². The van der Waals surface area contributed by atoms with Crippen LogP contribution in [0.1, 0.15) is 24.5 Å². The van der Waals surface area contributed by atoms with Crippen LogP contribution in [0.15, 0.2) is 48.5 Å². The molecule has 0 heterocycles. The van der Waals surface area contributed by atoms with Gasteiger partial charge in [0, 0.05) is 13.0 Å². The number of rotatable bonds is 8. The Bertz CT molecular complexity index is 537. The first-order valence-corrected chi connectivity index (χ1v) is 7.45. The van der Waals surface area contributed by atoms with Crippen LogP contribution in [0.3, 0.4) is 0 Å². The van der Waals surface area contributed by atoms with Crippen LogP contribution in [0.2, 0.25) is 0 Å². The Kier molecular flexibility index (Phi) is 6.10. The molecule has 21 heavy (non-hydrogen) atoms. The van der Waals surface area contributed by atoms with Crippen molar-refractivity contribution < 1.29 is 9.47 Å². The molecule has 2 aromatic rings. The van der Waals surface area contributed by atoms with Crippen molar-refractivity contribution in [3.63, 3.8) is 0 Å². The second-order valence-electron chi connectivity index (χ2n) is 4.90. The van der Waals surface area contributed by atoms with Crippen LogP contribution in [0, 0.1) is 0 Å². The average molecular weight is 285 g/mol. The summed E-state index contributed by atoms with van der Waals surface area (Å²) >= 11 is 0. The first kappa shape index (κ1) is 15.4. The fourth-order valence-corrected chi connectivity index (χ4v) is 2.02. The molecule has 0 aliphatic carbocycles. The molecule has 0 aliphatic rings. The molecular weight excluding hydrogens is 262 g/mol. The van der Waals surface area contributed by atoms with Crippen LogP contribution in [-0.2, 0) is 13.0 Å². The highest BCUT2D eigenvalue weighted by atomic mass is 16.5. The molecule has 3 heteroatoms. The highest BCUT2D eigenvalue weighted by molar-refractivity contribution is 5.28. The Hall–Kier alpha value is -2.00. The zero-order chi connectivity index (χ0) is 14.9. The molecule has 0 amide bonds. The van der Waals surface area contributed by atoms with Crippen LogP contribution in [0.25, 0.3) is 0 Å². The van der Waals surface area contributed by atoms with E-state index in [4.69, 9.17) is 15.2 Å². The van der Waals surface area contributed by atoms with E-state index in [0.717, 1.165) is 29.9 Å². The second-order valence-corrected chi connectivity index (χ2v) is 4.90. The van der Waals surface area contributed by atoms with E-state index in [1.807, 2.05) is 36.4 Å². The van der Waals surface area contributed by atoms with E-state index in [1.54, 1.807) is 0 Å². The summed E-state index contributed by atoms with van der Waals surface area (Å²) in [5.74, 6) is 1.78. The van der Waals surface area contributed by atoms with E-state index >= 15 is 0 Å². The van der Waals surface area contributed by atoms with Crippen molar-refractivity contribution in [1.29, 1.82) is 0 Å². The van der Waals surface area contributed by atoms with E-state index in [-0.39, 0.29) is 0 Å².